The molecule has 0 heterocycles. The fraction of sp³-hybridized carbons (Fsp3) is 0.250. The van der Waals surface area contributed by atoms with Gasteiger partial charge in [0.05, 0.1) is 30.5 Å². The summed E-state index contributed by atoms with van der Waals surface area (Å²) < 4.78 is 49.2. The van der Waals surface area contributed by atoms with Crippen molar-refractivity contribution in [2.75, 3.05) is 19.5 Å². The number of rotatable bonds is 8. The van der Waals surface area contributed by atoms with Crippen molar-refractivity contribution in [2.45, 2.75) is 19.0 Å². The number of halogens is 4. The highest BCUT2D eigenvalue weighted by Gasteiger charge is 2.30. The lowest BCUT2D eigenvalue weighted by Gasteiger charge is -2.10. The highest BCUT2D eigenvalue weighted by molar-refractivity contribution is 9.10. The van der Waals surface area contributed by atoms with E-state index in [2.05, 4.69) is 31.8 Å². The number of amides is 2. The number of ether oxygens (including phenoxy) is 2. The van der Waals surface area contributed by atoms with Crippen molar-refractivity contribution >= 4 is 39.6 Å². The van der Waals surface area contributed by atoms with E-state index >= 15 is 0 Å². The molecule has 2 N–H and O–H groups in total. The Morgan fingerprint density at radius 2 is 1.74 bits per heavy atom. The molecule has 7 nitrogen and oxygen atoms in total. The van der Waals surface area contributed by atoms with Crippen LogP contribution in [0.1, 0.15) is 24.0 Å². The lowest BCUT2D eigenvalue weighted by Crippen LogP contribution is -2.20. The number of nitrogens with zero attached hydrogens (tertiary/aromatic N) is 1. The number of hydrogen-bond donors (Lipinski definition) is 2. The van der Waals surface area contributed by atoms with E-state index in [0.29, 0.717) is 21.5 Å². The monoisotopic (exact) mass is 501 g/mol. The van der Waals surface area contributed by atoms with Gasteiger partial charge in [-0.3, -0.25) is 9.59 Å². The Morgan fingerprint density at radius 1 is 1.06 bits per heavy atom. The van der Waals surface area contributed by atoms with E-state index in [4.69, 9.17) is 9.47 Å². The van der Waals surface area contributed by atoms with E-state index in [-0.39, 0.29) is 18.5 Å². The standard InChI is InChI=1S/C20H19BrF3N3O4/c1-30-16-10-17(31-2)15(21)8-12(16)11-25-27-19(29)7-6-18(28)26-14-5-3-4-13(9-14)20(22,23)24/h3-5,8-11H,6-7H2,1-2H3,(H,26,28)(H,27,29)/b25-11-. The predicted octanol–water partition coefficient (Wildman–Crippen LogP) is 4.35. The van der Waals surface area contributed by atoms with Crippen LogP contribution < -0.4 is 20.2 Å². The summed E-state index contributed by atoms with van der Waals surface area (Å²) >= 11 is 3.34. The summed E-state index contributed by atoms with van der Waals surface area (Å²) in [6.07, 6.45) is -3.58. The summed E-state index contributed by atoms with van der Waals surface area (Å²) in [5, 5.41) is 6.16. The van der Waals surface area contributed by atoms with Crippen LogP contribution in [0.3, 0.4) is 0 Å². The minimum atomic E-state index is -4.51. The Kier molecular flexibility index (Phi) is 8.43. The van der Waals surface area contributed by atoms with Crippen molar-refractivity contribution in [1.82, 2.24) is 5.43 Å². The van der Waals surface area contributed by atoms with Gasteiger partial charge in [-0.05, 0) is 40.2 Å². The van der Waals surface area contributed by atoms with Gasteiger partial charge in [-0.15, -0.1) is 0 Å². The maximum Gasteiger partial charge on any atom is 0.416 e. The van der Waals surface area contributed by atoms with Gasteiger partial charge in [-0.25, -0.2) is 5.43 Å². The Morgan fingerprint density at radius 3 is 2.39 bits per heavy atom. The molecule has 0 aliphatic heterocycles. The third-order valence-corrected chi connectivity index (χ3v) is 4.57. The highest BCUT2D eigenvalue weighted by atomic mass is 79.9. The molecule has 0 radical (unpaired) electrons. The summed E-state index contributed by atoms with van der Waals surface area (Å²) in [5.74, 6) is -0.107. The number of hydrogen-bond acceptors (Lipinski definition) is 5. The first kappa shape index (κ1) is 24.2. The summed E-state index contributed by atoms with van der Waals surface area (Å²) in [6, 6.07) is 7.57. The Balaban J connectivity index is 1.87. The summed E-state index contributed by atoms with van der Waals surface area (Å²) in [6.45, 7) is 0. The smallest absolute Gasteiger partial charge is 0.416 e. The molecule has 0 bridgehead atoms. The van der Waals surface area contributed by atoms with Gasteiger partial charge in [-0.2, -0.15) is 18.3 Å². The van der Waals surface area contributed by atoms with Gasteiger partial charge in [0.25, 0.3) is 0 Å². The van der Waals surface area contributed by atoms with Crippen LogP contribution >= 0.6 is 15.9 Å². The zero-order valence-corrected chi connectivity index (χ0v) is 18.1. The topological polar surface area (TPSA) is 89.0 Å². The number of anilines is 1. The van der Waals surface area contributed by atoms with Gasteiger partial charge in [0.15, 0.2) is 0 Å². The first-order chi connectivity index (χ1) is 14.6. The van der Waals surface area contributed by atoms with E-state index in [9.17, 15) is 22.8 Å². The number of methoxy groups -OCH3 is 2. The van der Waals surface area contributed by atoms with Crippen LogP contribution in [0.25, 0.3) is 0 Å². The van der Waals surface area contributed by atoms with Crippen LogP contribution in [0.15, 0.2) is 46.0 Å². The molecule has 2 amide bonds. The van der Waals surface area contributed by atoms with Gasteiger partial charge in [0.1, 0.15) is 11.5 Å². The first-order valence-electron chi connectivity index (χ1n) is 8.84. The van der Waals surface area contributed by atoms with Crippen molar-refractivity contribution in [3.05, 3.63) is 52.0 Å². The number of alkyl halides is 3. The van der Waals surface area contributed by atoms with Gasteiger partial charge in [0, 0.05) is 30.2 Å². The molecule has 2 aromatic rings. The number of hydrazone groups is 1. The maximum absolute atomic E-state index is 12.7. The van der Waals surface area contributed by atoms with Crippen molar-refractivity contribution in [3.63, 3.8) is 0 Å². The van der Waals surface area contributed by atoms with Gasteiger partial charge in [0.2, 0.25) is 11.8 Å². The molecule has 31 heavy (non-hydrogen) atoms. The van der Waals surface area contributed by atoms with Crippen molar-refractivity contribution in [3.8, 4) is 11.5 Å². The van der Waals surface area contributed by atoms with Crippen LogP contribution in [0.4, 0.5) is 18.9 Å². The van der Waals surface area contributed by atoms with E-state index < -0.39 is 23.6 Å². The number of nitrogens with one attached hydrogen (secondary N) is 2. The molecule has 0 aliphatic rings. The van der Waals surface area contributed by atoms with Crippen LogP contribution in [0, 0.1) is 0 Å². The third-order valence-electron chi connectivity index (χ3n) is 3.95. The lowest BCUT2D eigenvalue weighted by molar-refractivity contribution is -0.137. The van der Waals surface area contributed by atoms with Crippen LogP contribution in [-0.4, -0.2) is 32.2 Å². The second-order valence-corrected chi connectivity index (χ2v) is 7.00. The molecule has 166 valence electrons. The lowest BCUT2D eigenvalue weighted by atomic mass is 10.2. The molecule has 0 aromatic heterocycles. The zero-order chi connectivity index (χ0) is 23.0. The molecule has 0 saturated heterocycles. The summed E-state index contributed by atoms with van der Waals surface area (Å²) in [5.41, 5.74) is 1.96. The minimum absolute atomic E-state index is 0.00423. The maximum atomic E-state index is 12.7. The molecule has 0 unspecified atom stereocenters. The molecule has 0 spiro atoms. The van der Waals surface area contributed by atoms with Crippen molar-refractivity contribution < 1.29 is 32.2 Å². The molecule has 11 heteroatoms. The SMILES string of the molecule is COc1cc(OC)c(/C=N\NC(=O)CCC(=O)Nc2cccc(C(F)(F)F)c2)cc1Br. The average molecular weight is 502 g/mol. The molecule has 0 saturated carbocycles. The van der Waals surface area contributed by atoms with E-state index in [1.54, 1.807) is 12.1 Å². The second kappa shape index (κ2) is 10.8. The number of carbonyl (C=O) groups excluding carboxylic acids is 2. The molecule has 2 aromatic carbocycles. The molecular formula is C20H19BrF3N3O4. The predicted molar refractivity (Wildman–Crippen MR) is 112 cm³/mol. The molecule has 0 atom stereocenters. The van der Waals surface area contributed by atoms with Crippen molar-refractivity contribution in [1.29, 1.82) is 0 Å². The fourth-order valence-electron chi connectivity index (χ4n) is 2.44. The fourth-order valence-corrected chi connectivity index (χ4v) is 2.96. The average Bonchev–Trinajstić information content (AvgIpc) is 2.72. The number of carbonyl (C=O) groups is 2. The third kappa shape index (κ3) is 7.28. The first-order valence-corrected chi connectivity index (χ1v) is 9.64. The summed E-state index contributed by atoms with van der Waals surface area (Å²) in [4.78, 5) is 23.8. The van der Waals surface area contributed by atoms with Crippen molar-refractivity contribution in [2.24, 2.45) is 5.10 Å². The number of benzene rings is 2. The molecule has 0 aliphatic carbocycles. The van der Waals surface area contributed by atoms with Crippen LogP contribution in [-0.2, 0) is 15.8 Å². The Labute approximate surface area is 184 Å². The summed E-state index contributed by atoms with van der Waals surface area (Å²) in [7, 11) is 2.98. The molecule has 2 rings (SSSR count). The van der Waals surface area contributed by atoms with E-state index in [1.165, 1.54) is 32.6 Å². The van der Waals surface area contributed by atoms with Gasteiger partial charge < -0.3 is 14.8 Å². The Bertz CT molecular complexity index is 981. The Hall–Kier alpha value is -3.08. The molecular weight excluding hydrogens is 483 g/mol. The second-order valence-electron chi connectivity index (χ2n) is 6.15. The van der Waals surface area contributed by atoms with Gasteiger partial charge in [-0.1, -0.05) is 6.07 Å². The van der Waals surface area contributed by atoms with Crippen LogP contribution in [0.2, 0.25) is 0 Å². The quantitative estimate of drug-likeness (QED) is 0.415. The minimum Gasteiger partial charge on any atom is -0.496 e. The van der Waals surface area contributed by atoms with E-state index in [0.717, 1.165) is 12.1 Å². The zero-order valence-electron chi connectivity index (χ0n) is 16.5. The largest absolute Gasteiger partial charge is 0.496 e. The van der Waals surface area contributed by atoms with Crippen LogP contribution in [0.5, 0.6) is 11.5 Å². The van der Waals surface area contributed by atoms with E-state index in [1.807, 2.05) is 0 Å². The van der Waals surface area contributed by atoms with Gasteiger partial charge >= 0.3 is 6.18 Å². The normalized spacial score (nSPS) is 11.3. The highest BCUT2D eigenvalue weighted by Crippen LogP contribution is 2.32. The molecule has 0 fully saturated rings.